The summed E-state index contributed by atoms with van der Waals surface area (Å²) in [6, 6.07) is 1.51. The van der Waals surface area contributed by atoms with Gasteiger partial charge in [-0.3, -0.25) is 9.78 Å². The second kappa shape index (κ2) is 5.69. The second-order valence-electron chi connectivity index (χ2n) is 4.54. The zero-order valence-electron chi connectivity index (χ0n) is 10.9. The van der Waals surface area contributed by atoms with Crippen LogP contribution in [-0.4, -0.2) is 53.0 Å². The monoisotopic (exact) mass is 263 g/mol. The molecule has 1 saturated heterocycles. The summed E-state index contributed by atoms with van der Waals surface area (Å²) in [5.41, 5.74) is 0.881. The van der Waals surface area contributed by atoms with Crippen LogP contribution in [0.15, 0.2) is 18.5 Å². The highest BCUT2D eigenvalue weighted by Crippen LogP contribution is 2.20. The quantitative estimate of drug-likeness (QED) is 0.855. The van der Waals surface area contributed by atoms with Gasteiger partial charge in [-0.15, -0.1) is 0 Å². The fourth-order valence-electron chi connectivity index (χ4n) is 2.29. The normalized spacial score (nSPS) is 16.1. The van der Waals surface area contributed by atoms with Crippen molar-refractivity contribution < 1.29 is 14.7 Å². The standard InChI is InChI=1S/C13H17N3O3/c1-10(17)15-5-2-6-16(8-7-15)12-9-14-4-3-11(12)13(18)19/h3-4,9H,2,5-8H2,1H3,(H,18,19). The SMILES string of the molecule is CC(=O)N1CCCN(c2cnccc2C(=O)O)CC1. The number of hydrogen-bond donors (Lipinski definition) is 1. The van der Waals surface area contributed by atoms with Crippen molar-refractivity contribution in [3.05, 3.63) is 24.0 Å². The number of aromatic carboxylic acids is 1. The van der Waals surface area contributed by atoms with E-state index in [2.05, 4.69) is 4.98 Å². The minimum atomic E-state index is -0.954. The van der Waals surface area contributed by atoms with Gasteiger partial charge in [0.2, 0.25) is 5.91 Å². The number of anilines is 1. The third-order valence-corrected chi connectivity index (χ3v) is 3.31. The molecule has 102 valence electrons. The first-order chi connectivity index (χ1) is 9.09. The van der Waals surface area contributed by atoms with Crippen molar-refractivity contribution >= 4 is 17.6 Å². The van der Waals surface area contributed by atoms with Crippen LogP contribution in [0.1, 0.15) is 23.7 Å². The Labute approximate surface area is 111 Å². The number of carboxylic acids is 1. The number of aromatic nitrogens is 1. The topological polar surface area (TPSA) is 73.7 Å². The number of carbonyl (C=O) groups excluding carboxylic acids is 1. The molecule has 1 amide bonds. The second-order valence-corrected chi connectivity index (χ2v) is 4.54. The van der Waals surface area contributed by atoms with Gasteiger partial charge in [-0.25, -0.2) is 4.79 Å². The summed E-state index contributed by atoms with van der Waals surface area (Å²) in [7, 11) is 0. The first-order valence-corrected chi connectivity index (χ1v) is 6.27. The Kier molecular flexibility index (Phi) is 3.99. The van der Waals surface area contributed by atoms with Crippen LogP contribution >= 0.6 is 0 Å². The van der Waals surface area contributed by atoms with Gasteiger partial charge in [-0.2, -0.15) is 0 Å². The molecule has 6 heteroatoms. The first kappa shape index (κ1) is 13.3. The van der Waals surface area contributed by atoms with Crippen molar-refractivity contribution in [2.75, 3.05) is 31.1 Å². The summed E-state index contributed by atoms with van der Waals surface area (Å²) in [4.78, 5) is 30.4. The van der Waals surface area contributed by atoms with E-state index in [1.165, 1.54) is 12.3 Å². The van der Waals surface area contributed by atoms with Gasteiger partial charge in [-0.1, -0.05) is 0 Å². The minimum absolute atomic E-state index is 0.0616. The molecule has 0 aliphatic carbocycles. The highest BCUT2D eigenvalue weighted by atomic mass is 16.4. The van der Waals surface area contributed by atoms with Crippen LogP contribution in [0.5, 0.6) is 0 Å². The van der Waals surface area contributed by atoms with Crippen molar-refractivity contribution in [2.45, 2.75) is 13.3 Å². The van der Waals surface area contributed by atoms with Gasteiger partial charge in [0.1, 0.15) is 0 Å². The third kappa shape index (κ3) is 3.01. The van der Waals surface area contributed by atoms with Gasteiger partial charge in [0, 0.05) is 39.3 Å². The number of carbonyl (C=O) groups is 2. The molecule has 1 aliphatic rings. The number of pyridine rings is 1. The first-order valence-electron chi connectivity index (χ1n) is 6.27. The molecule has 0 aromatic carbocycles. The fourth-order valence-corrected chi connectivity index (χ4v) is 2.29. The van der Waals surface area contributed by atoms with Crippen LogP contribution in [0.4, 0.5) is 5.69 Å². The molecular weight excluding hydrogens is 246 g/mol. The summed E-state index contributed by atoms with van der Waals surface area (Å²) in [5, 5.41) is 9.19. The smallest absolute Gasteiger partial charge is 0.337 e. The van der Waals surface area contributed by atoms with E-state index in [0.717, 1.165) is 13.0 Å². The van der Waals surface area contributed by atoms with Gasteiger partial charge in [0.15, 0.2) is 0 Å². The van der Waals surface area contributed by atoms with Crippen LogP contribution in [0.25, 0.3) is 0 Å². The largest absolute Gasteiger partial charge is 0.478 e. The third-order valence-electron chi connectivity index (χ3n) is 3.31. The molecule has 1 aromatic heterocycles. The van der Waals surface area contributed by atoms with Crippen molar-refractivity contribution in [3.63, 3.8) is 0 Å². The number of rotatable bonds is 2. The van der Waals surface area contributed by atoms with E-state index in [0.29, 0.717) is 25.3 Å². The van der Waals surface area contributed by atoms with E-state index in [-0.39, 0.29) is 11.5 Å². The molecule has 1 fully saturated rings. The van der Waals surface area contributed by atoms with Gasteiger partial charge in [0.05, 0.1) is 17.4 Å². The maximum absolute atomic E-state index is 11.4. The lowest BCUT2D eigenvalue weighted by Gasteiger charge is -2.24. The molecule has 0 spiro atoms. The maximum Gasteiger partial charge on any atom is 0.337 e. The van der Waals surface area contributed by atoms with Crippen LogP contribution < -0.4 is 4.90 Å². The van der Waals surface area contributed by atoms with Crippen LogP contribution in [0.3, 0.4) is 0 Å². The molecular formula is C13H17N3O3. The van der Waals surface area contributed by atoms with Crippen molar-refractivity contribution in [1.82, 2.24) is 9.88 Å². The lowest BCUT2D eigenvalue weighted by atomic mass is 10.2. The van der Waals surface area contributed by atoms with Crippen LogP contribution in [-0.2, 0) is 4.79 Å². The molecule has 1 N–H and O–H groups in total. The molecule has 19 heavy (non-hydrogen) atoms. The molecule has 2 heterocycles. The highest BCUT2D eigenvalue weighted by Gasteiger charge is 2.20. The number of carboxylic acid groups (broad SMARTS) is 1. The minimum Gasteiger partial charge on any atom is -0.478 e. The van der Waals surface area contributed by atoms with E-state index in [9.17, 15) is 14.7 Å². The van der Waals surface area contributed by atoms with Crippen molar-refractivity contribution in [3.8, 4) is 0 Å². The average molecular weight is 263 g/mol. The molecule has 0 radical (unpaired) electrons. The maximum atomic E-state index is 11.4. The molecule has 0 saturated carbocycles. The zero-order valence-corrected chi connectivity index (χ0v) is 10.9. The molecule has 1 aliphatic heterocycles. The van der Waals surface area contributed by atoms with Crippen molar-refractivity contribution in [1.29, 1.82) is 0 Å². The predicted molar refractivity (Wildman–Crippen MR) is 70.3 cm³/mol. The summed E-state index contributed by atoms with van der Waals surface area (Å²) in [6.45, 7) is 4.25. The predicted octanol–water partition coefficient (Wildman–Crippen LogP) is 0.838. The van der Waals surface area contributed by atoms with Crippen LogP contribution in [0.2, 0.25) is 0 Å². The van der Waals surface area contributed by atoms with E-state index in [1.807, 2.05) is 4.90 Å². The lowest BCUT2D eigenvalue weighted by Crippen LogP contribution is -2.34. The Balaban J connectivity index is 2.19. The Morgan fingerprint density at radius 2 is 2.05 bits per heavy atom. The molecule has 0 unspecified atom stereocenters. The van der Waals surface area contributed by atoms with Gasteiger partial charge < -0.3 is 14.9 Å². The summed E-state index contributed by atoms with van der Waals surface area (Å²) < 4.78 is 0. The van der Waals surface area contributed by atoms with Crippen LogP contribution in [0, 0.1) is 0 Å². The Morgan fingerprint density at radius 1 is 1.26 bits per heavy atom. The number of amides is 1. The number of nitrogens with zero attached hydrogens (tertiary/aromatic N) is 3. The Bertz CT molecular complexity index is 490. The van der Waals surface area contributed by atoms with E-state index in [1.54, 1.807) is 18.0 Å². The van der Waals surface area contributed by atoms with E-state index < -0.39 is 5.97 Å². The van der Waals surface area contributed by atoms with Gasteiger partial charge in [-0.05, 0) is 12.5 Å². The Hall–Kier alpha value is -2.11. The average Bonchev–Trinajstić information content (AvgIpc) is 2.64. The number of hydrogen-bond acceptors (Lipinski definition) is 4. The van der Waals surface area contributed by atoms with Gasteiger partial charge >= 0.3 is 5.97 Å². The highest BCUT2D eigenvalue weighted by molar-refractivity contribution is 5.94. The fraction of sp³-hybridized carbons (Fsp3) is 0.462. The molecule has 2 rings (SSSR count). The van der Waals surface area contributed by atoms with Gasteiger partial charge in [0.25, 0.3) is 0 Å². The summed E-state index contributed by atoms with van der Waals surface area (Å²) >= 11 is 0. The molecule has 0 atom stereocenters. The van der Waals surface area contributed by atoms with Crippen molar-refractivity contribution in [2.24, 2.45) is 0 Å². The molecule has 0 bridgehead atoms. The summed E-state index contributed by atoms with van der Waals surface area (Å²) in [5.74, 6) is -0.892. The molecule has 6 nitrogen and oxygen atoms in total. The zero-order chi connectivity index (χ0) is 13.8. The lowest BCUT2D eigenvalue weighted by molar-refractivity contribution is -0.128. The van der Waals surface area contributed by atoms with E-state index in [4.69, 9.17) is 0 Å². The Morgan fingerprint density at radius 3 is 2.74 bits per heavy atom. The van der Waals surface area contributed by atoms with E-state index >= 15 is 0 Å². The summed E-state index contributed by atoms with van der Waals surface area (Å²) in [6.07, 6.45) is 3.88. The molecule has 1 aromatic rings.